The third-order valence-electron chi connectivity index (χ3n) is 3.64. The van der Waals surface area contributed by atoms with E-state index in [1.165, 1.54) is 24.3 Å². The van der Waals surface area contributed by atoms with Crippen LogP contribution in [0, 0.1) is 5.82 Å². The standard InChI is InChI=1S/C16H18FN3O2S/c1-16(2,3)20-14(12-8-23(22)9-13(12)19-20)18-15(21)10-4-6-11(17)7-5-10/h4-7H,8-9H2,1-3H3,(H,18,21)/t23-/m1/s1. The van der Waals surface area contributed by atoms with E-state index >= 15 is 0 Å². The lowest BCUT2D eigenvalue weighted by Crippen LogP contribution is -2.27. The van der Waals surface area contributed by atoms with Crippen molar-refractivity contribution in [3.63, 3.8) is 0 Å². The van der Waals surface area contributed by atoms with Crippen LogP contribution in [0.3, 0.4) is 0 Å². The second-order valence-electron chi connectivity index (χ2n) is 6.55. The fourth-order valence-electron chi connectivity index (χ4n) is 2.52. The second-order valence-corrected chi connectivity index (χ2v) is 8.00. The van der Waals surface area contributed by atoms with Crippen LogP contribution in [0.2, 0.25) is 0 Å². The normalized spacial score (nSPS) is 17.1. The van der Waals surface area contributed by atoms with E-state index in [2.05, 4.69) is 10.4 Å². The summed E-state index contributed by atoms with van der Waals surface area (Å²) >= 11 is 0. The van der Waals surface area contributed by atoms with Crippen molar-refractivity contribution in [3.05, 3.63) is 46.9 Å². The highest BCUT2D eigenvalue weighted by Crippen LogP contribution is 2.33. The zero-order valence-electron chi connectivity index (χ0n) is 13.2. The topological polar surface area (TPSA) is 64.0 Å². The van der Waals surface area contributed by atoms with Gasteiger partial charge in [0, 0.05) is 21.9 Å². The fraction of sp³-hybridized carbons (Fsp3) is 0.375. The first-order valence-corrected chi connectivity index (χ1v) is 8.77. The molecule has 0 radical (unpaired) electrons. The van der Waals surface area contributed by atoms with Crippen LogP contribution in [0.5, 0.6) is 0 Å². The Bertz CT molecular complexity index is 791. The molecule has 1 aliphatic rings. The number of benzene rings is 1. The average Bonchev–Trinajstić information content (AvgIpc) is 2.97. The Morgan fingerprint density at radius 3 is 2.52 bits per heavy atom. The van der Waals surface area contributed by atoms with Gasteiger partial charge in [-0.2, -0.15) is 5.10 Å². The summed E-state index contributed by atoms with van der Waals surface area (Å²) in [6, 6.07) is 5.35. The van der Waals surface area contributed by atoms with Crippen molar-refractivity contribution in [2.24, 2.45) is 0 Å². The van der Waals surface area contributed by atoms with Gasteiger partial charge < -0.3 is 5.32 Å². The summed E-state index contributed by atoms with van der Waals surface area (Å²) in [7, 11) is -0.973. The van der Waals surface area contributed by atoms with Crippen LogP contribution in [0.25, 0.3) is 0 Å². The third-order valence-corrected chi connectivity index (χ3v) is 4.85. The van der Waals surface area contributed by atoms with E-state index in [0.717, 1.165) is 11.3 Å². The number of fused-ring (bicyclic) bond motifs is 1. The van der Waals surface area contributed by atoms with Gasteiger partial charge >= 0.3 is 0 Å². The molecule has 1 aliphatic heterocycles. The molecule has 1 aromatic heterocycles. The highest BCUT2D eigenvalue weighted by Gasteiger charge is 2.31. The molecule has 1 amide bonds. The number of nitrogens with one attached hydrogen (secondary N) is 1. The van der Waals surface area contributed by atoms with Crippen molar-refractivity contribution < 1.29 is 13.4 Å². The van der Waals surface area contributed by atoms with E-state index in [1.54, 1.807) is 4.68 Å². The molecule has 23 heavy (non-hydrogen) atoms. The Hall–Kier alpha value is -2.02. The van der Waals surface area contributed by atoms with Gasteiger partial charge in [-0.25, -0.2) is 9.07 Å². The molecule has 7 heteroatoms. The van der Waals surface area contributed by atoms with Crippen molar-refractivity contribution in [2.45, 2.75) is 37.8 Å². The molecule has 3 rings (SSSR count). The highest BCUT2D eigenvalue weighted by molar-refractivity contribution is 7.83. The van der Waals surface area contributed by atoms with E-state index in [9.17, 15) is 13.4 Å². The van der Waals surface area contributed by atoms with E-state index in [1.807, 2.05) is 20.8 Å². The number of carbonyl (C=O) groups is 1. The molecular weight excluding hydrogens is 317 g/mol. The predicted octanol–water partition coefficient (Wildman–Crippen LogP) is 2.79. The number of carbonyl (C=O) groups excluding carboxylic acids is 1. The van der Waals surface area contributed by atoms with Crippen molar-refractivity contribution in [3.8, 4) is 0 Å². The summed E-state index contributed by atoms with van der Waals surface area (Å²) in [5.41, 5.74) is 1.64. The minimum absolute atomic E-state index is 0.322. The number of hydrogen-bond acceptors (Lipinski definition) is 3. The number of nitrogens with zero attached hydrogens (tertiary/aromatic N) is 2. The van der Waals surface area contributed by atoms with Crippen LogP contribution in [0.1, 0.15) is 42.4 Å². The monoisotopic (exact) mass is 335 g/mol. The predicted molar refractivity (Wildman–Crippen MR) is 87.1 cm³/mol. The summed E-state index contributed by atoms with van der Waals surface area (Å²) in [5.74, 6) is 0.656. The molecule has 2 heterocycles. The van der Waals surface area contributed by atoms with Gasteiger partial charge in [-0.1, -0.05) is 0 Å². The molecular formula is C16H18FN3O2S. The van der Waals surface area contributed by atoms with Crippen LogP contribution >= 0.6 is 0 Å². The minimum atomic E-state index is -0.973. The van der Waals surface area contributed by atoms with E-state index in [0.29, 0.717) is 22.9 Å². The maximum Gasteiger partial charge on any atom is 0.256 e. The first-order valence-electron chi connectivity index (χ1n) is 7.29. The van der Waals surface area contributed by atoms with Crippen LogP contribution in [-0.2, 0) is 27.8 Å². The van der Waals surface area contributed by atoms with Gasteiger partial charge in [-0.15, -0.1) is 0 Å². The van der Waals surface area contributed by atoms with Crippen molar-refractivity contribution >= 4 is 22.5 Å². The van der Waals surface area contributed by atoms with Crippen LogP contribution < -0.4 is 5.32 Å². The van der Waals surface area contributed by atoms with Gasteiger partial charge in [-0.05, 0) is 45.0 Å². The highest BCUT2D eigenvalue weighted by atomic mass is 32.2. The van der Waals surface area contributed by atoms with Crippen LogP contribution in [0.15, 0.2) is 24.3 Å². The maximum absolute atomic E-state index is 13.0. The Morgan fingerprint density at radius 1 is 1.26 bits per heavy atom. The molecule has 0 aliphatic carbocycles. The number of anilines is 1. The van der Waals surface area contributed by atoms with Gasteiger partial charge in [0.25, 0.3) is 5.91 Å². The molecule has 0 saturated carbocycles. The van der Waals surface area contributed by atoms with Gasteiger partial charge in [0.15, 0.2) is 0 Å². The zero-order valence-corrected chi connectivity index (χ0v) is 14.0. The summed E-state index contributed by atoms with van der Waals surface area (Å²) in [4.78, 5) is 12.4. The number of halogens is 1. The summed E-state index contributed by atoms with van der Waals surface area (Å²) in [5, 5.41) is 7.38. The number of amides is 1. The first-order chi connectivity index (χ1) is 10.8. The summed E-state index contributed by atoms with van der Waals surface area (Å²) in [6.45, 7) is 5.96. The average molecular weight is 335 g/mol. The quantitative estimate of drug-likeness (QED) is 0.918. The van der Waals surface area contributed by atoms with Gasteiger partial charge in [-0.3, -0.25) is 9.00 Å². The molecule has 0 spiro atoms. The van der Waals surface area contributed by atoms with Crippen LogP contribution in [-0.4, -0.2) is 19.9 Å². The van der Waals surface area contributed by atoms with Gasteiger partial charge in [0.05, 0.1) is 22.7 Å². The lowest BCUT2D eigenvalue weighted by atomic mass is 10.1. The molecule has 122 valence electrons. The minimum Gasteiger partial charge on any atom is -0.306 e. The smallest absolute Gasteiger partial charge is 0.256 e. The third kappa shape index (κ3) is 3.06. The number of hydrogen-bond donors (Lipinski definition) is 1. The van der Waals surface area contributed by atoms with Crippen molar-refractivity contribution in [2.75, 3.05) is 5.32 Å². The molecule has 0 bridgehead atoms. The zero-order chi connectivity index (χ0) is 16.8. The van der Waals surface area contributed by atoms with E-state index in [-0.39, 0.29) is 11.4 Å². The Balaban J connectivity index is 1.97. The largest absolute Gasteiger partial charge is 0.306 e. The molecule has 0 unspecified atom stereocenters. The van der Waals surface area contributed by atoms with Crippen molar-refractivity contribution in [1.29, 1.82) is 0 Å². The molecule has 1 atom stereocenters. The summed E-state index contributed by atoms with van der Waals surface area (Å²) < 4.78 is 26.5. The molecule has 2 aromatic rings. The SMILES string of the molecule is CC(C)(C)n1nc2c(c1NC(=O)c1ccc(F)cc1)C[S@@](=O)C2. The Labute approximate surface area is 136 Å². The van der Waals surface area contributed by atoms with E-state index in [4.69, 9.17) is 0 Å². The molecule has 0 saturated heterocycles. The molecule has 1 N–H and O–H groups in total. The molecule has 5 nitrogen and oxygen atoms in total. The Morgan fingerprint density at radius 2 is 1.91 bits per heavy atom. The lowest BCUT2D eigenvalue weighted by molar-refractivity contribution is 0.102. The molecule has 0 fully saturated rings. The number of aromatic nitrogens is 2. The fourth-order valence-corrected chi connectivity index (χ4v) is 3.79. The van der Waals surface area contributed by atoms with E-state index < -0.39 is 16.6 Å². The summed E-state index contributed by atoms with van der Waals surface area (Å²) in [6.07, 6.45) is 0. The van der Waals surface area contributed by atoms with Crippen molar-refractivity contribution in [1.82, 2.24) is 9.78 Å². The molecule has 1 aromatic carbocycles. The first kappa shape index (κ1) is 15.9. The maximum atomic E-state index is 13.0. The Kier molecular flexibility index (Phi) is 3.83. The van der Waals surface area contributed by atoms with Gasteiger partial charge in [0.2, 0.25) is 0 Å². The van der Waals surface area contributed by atoms with Gasteiger partial charge in [0.1, 0.15) is 11.6 Å². The second kappa shape index (κ2) is 5.56. The van der Waals surface area contributed by atoms with Crippen LogP contribution in [0.4, 0.5) is 10.2 Å². The number of rotatable bonds is 2. The lowest BCUT2D eigenvalue weighted by Gasteiger charge is -2.23.